The minimum atomic E-state index is -0.114. The molecule has 2 aliphatic heterocycles. The Morgan fingerprint density at radius 3 is 2.35 bits per heavy atom. The molecule has 0 N–H and O–H groups in total. The molecule has 0 aromatic carbocycles. The molecular formula is C19H26N4O3. The van der Waals surface area contributed by atoms with Crippen molar-refractivity contribution in [2.24, 2.45) is 5.92 Å². The third-order valence-corrected chi connectivity index (χ3v) is 5.18. The maximum Gasteiger partial charge on any atom is 0.272 e. The van der Waals surface area contributed by atoms with Gasteiger partial charge in [0.15, 0.2) is 0 Å². The number of likely N-dealkylation sites (tertiary alicyclic amines) is 1. The molecule has 1 aromatic rings. The van der Waals surface area contributed by atoms with Gasteiger partial charge in [-0.15, -0.1) is 0 Å². The summed E-state index contributed by atoms with van der Waals surface area (Å²) in [4.78, 5) is 46.4. The fourth-order valence-electron chi connectivity index (χ4n) is 3.62. The van der Waals surface area contributed by atoms with Crippen LogP contribution in [0.4, 0.5) is 0 Å². The van der Waals surface area contributed by atoms with Crippen molar-refractivity contribution in [2.75, 3.05) is 39.3 Å². The lowest BCUT2D eigenvalue weighted by atomic mass is 10.00. The maximum atomic E-state index is 12.7. The standard InChI is InChI=1S/C19H26N4O3/c1-14-4-3-7-23(13-14)19(26)17-12-16(5-6-20-17)18(25)22-10-8-21(9-11-22)15(2)24/h5-6,12,14H,3-4,7-11,13H2,1-2H3. The molecule has 1 aromatic heterocycles. The lowest BCUT2D eigenvalue weighted by molar-refractivity contribution is -0.130. The van der Waals surface area contributed by atoms with Crippen LogP contribution in [-0.2, 0) is 4.79 Å². The van der Waals surface area contributed by atoms with Crippen LogP contribution in [0.5, 0.6) is 0 Å². The van der Waals surface area contributed by atoms with Crippen molar-refractivity contribution in [1.82, 2.24) is 19.7 Å². The lowest BCUT2D eigenvalue weighted by Crippen LogP contribution is -2.50. The second-order valence-electron chi connectivity index (χ2n) is 7.23. The molecule has 3 rings (SSSR count). The van der Waals surface area contributed by atoms with Crippen molar-refractivity contribution in [3.05, 3.63) is 29.6 Å². The quantitative estimate of drug-likeness (QED) is 0.798. The van der Waals surface area contributed by atoms with Gasteiger partial charge in [0.1, 0.15) is 5.69 Å². The Bertz CT molecular complexity index is 698. The number of piperazine rings is 1. The van der Waals surface area contributed by atoms with Gasteiger partial charge in [-0.1, -0.05) is 6.92 Å². The monoisotopic (exact) mass is 358 g/mol. The summed E-state index contributed by atoms with van der Waals surface area (Å²) in [5.41, 5.74) is 0.803. The topological polar surface area (TPSA) is 73.8 Å². The molecule has 7 heteroatoms. The zero-order valence-corrected chi connectivity index (χ0v) is 15.5. The van der Waals surface area contributed by atoms with E-state index in [4.69, 9.17) is 0 Å². The van der Waals surface area contributed by atoms with Crippen LogP contribution in [0.25, 0.3) is 0 Å². The van der Waals surface area contributed by atoms with Gasteiger partial charge in [0.2, 0.25) is 5.91 Å². The average Bonchev–Trinajstić information content (AvgIpc) is 2.67. The number of nitrogens with zero attached hydrogens (tertiary/aromatic N) is 4. The van der Waals surface area contributed by atoms with Crippen molar-refractivity contribution in [3.8, 4) is 0 Å². The number of rotatable bonds is 2. The Morgan fingerprint density at radius 2 is 1.69 bits per heavy atom. The first-order valence-electron chi connectivity index (χ1n) is 9.26. The summed E-state index contributed by atoms with van der Waals surface area (Å²) in [6.45, 7) is 7.28. The molecule has 0 bridgehead atoms. The summed E-state index contributed by atoms with van der Waals surface area (Å²) < 4.78 is 0. The highest BCUT2D eigenvalue weighted by molar-refractivity contribution is 5.98. The molecule has 3 heterocycles. The summed E-state index contributed by atoms with van der Waals surface area (Å²) in [7, 11) is 0. The van der Waals surface area contributed by atoms with Gasteiger partial charge in [-0.05, 0) is 30.9 Å². The van der Waals surface area contributed by atoms with Gasteiger partial charge in [-0.3, -0.25) is 19.4 Å². The Hall–Kier alpha value is -2.44. The van der Waals surface area contributed by atoms with E-state index in [1.54, 1.807) is 28.9 Å². The van der Waals surface area contributed by atoms with Crippen LogP contribution >= 0.6 is 0 Å². The van der Waals surface area contributed by atoms with Gasteiger partial charge in [-0.25, -0.2) is 0 Å². The van der Waals surface area contributed by atoms with Crippen LogP contribution in [-0.4, -0.2) is 76.7 Å². The van der Waals surface area contributed by atoms with Gasteiger partial charge in [0, 0.05) is 58.0 Å². The van der Waals surface area contributed by atoms with E-state index in [1.165, 1.54) is 6.20 Å². The first-order chi connectivity index (χ1) is 12.5. The van der Waals surface area contributed by atoms with Crippen molar-refractivity contribution in [1.29, 1.82) is 0 Å². The number of carbonyl (C=O) groups is 3. The zero-order valence-electron chi connectivity index (χ0n) is 15.5. The van der Waals surface area contributed by atoms with E-state index in [-0.39, 0.29) is 17.7 Å². The second-order valence-corrected chi connectivity index (χ2v) is 7.23. The fraction of sp³-hybridized carbons (Fsp3) is 0.579. The minimum absolute atomic E-state index is 0.0321. The number of amides is 3. The first-order valence-corrected chi connectivity index (χ1v) is 9.26. The Balaban J connectivity index is 1.68. The summed E-state index contributed by atoms with van der Waals surface area (Å²) in [5, 5.41) is 0. The molecule has 3 amide bonds. The number of hydrogen-bond acceptors (Lipinski definition) is 4. The van der Waals surface area contributed by atoms with Gasteiger partial charge in [0.05, 0.1) is 0 Å². The molecule has 26 heavy (non-hydrogen) atoms. The van der Waals surface area contributed by atoms with Crippen LogP contribution < -0.4 is 0 Å². The summed E-state index contributed by atoms with van der Waals surface area (Å²) in [6, 6.07) is 3.25. The third kappa shape index (κ3) is 4.03. The number of hydrogen-bond donors (Lipinski definition) is 0. The van der Waals surface area contributed by atoms with Crippen LogP contribution in [0.15, 0.2) is 18.3 Å². The Labute approximate surface area is 154 Å². The predicted octanol–water partition coefficient (Wildman–Crippen LogP) is 1.26. The molecule has 0 saturated carbocycles. The molecule has 1 unspecified atom stereocenters. The Kier molecular flexibility index (Phi) is 5.54. The highest BCUT2D eigenvalue weighted by Crippen LogP contribution is 2.18. The SMILES string of the molecule is CC(=O)N1CCN(C(=O)c2ccnc(C(=O)N3CCCC(C)C3)c2)CC1. The predicted molar refractivity (Wildman–Crippen MR) is 96.7 cm³/mol. The molecule has 2 fully saturated rings. The van der Waals surface area contributed by atoms with E-state index in [9.17, 15) is 14.4 Å². The van der Waals surface area contributed by atoms with E-state index in [2.05, 4.69) is 11.9 Å². The average molecular weight is 358 g/mol. The molecule has 1 atom stereocenters. The van der Waals surface area contributed by atoms with Gasteiger partial charge < -0.3 is 14.7 Å². The van der Waals surface area contributed by atoms with E-state index in [0.29, 0.717) is 43.4 Å². The normalized spacial score (nSPS) is 20.8. The van der Waals surface area contributed by atoms with Crippen LogP contribution in [0, 0.1) is 5.92 Å². The first kappa shape index (κ1) is 18.4. The van der Waals surface area contributed by atoms with Crippen LogP contribution in [0.1, 0.15) is 47.5 Å². The van der Waals surface area contributed by atoms with Crippen molar-refractivity contribution in [3.63, 3.8) is 0 Å². The number of piperidine rings is 1. The summed E-state index contributed by atoms with van der Waals surface area (Å²) >= 11 is 0. The van der Waals surface area contributed by atoms with Crippen LogP contribution in [0.3, 0.4) is 0 Å². The zero-order chi connectivity index (χ0) is 18.7. The highest BCUT2D eigenvalue weighted by Gasteiger charge is 2.26. The fourth-order valence-corrected chi connectivity index (χ4v) is 3.62. The number of aromatic nitrogens is 1. The summed E-state index contributed by atoms with van der Waals surface area (Å²) in [5.74, 6) is 0.309. The third-order valence-electron chi connectivity index (χ3n) is 5.18. The van der Waals surface area contributed by atoms with Gasteiger partial charge in [-0.2, -0.15) is 0 Å². The van der Waals surface area contributed by atoms with Crippen LogP contribution in [0.2, 0.25) is 0 Å². The molecule has 2 saturated heterocycles. The highest BCUT2D eigenvalue weighted by atomic mass is 16.2. The van der Waals surface area contributed by atoms with E-state index in [1.807, 2.05) is 4.90 Å². The minimum Gasteiger partial charge on any atom is -0.339 e. The molecule has 0 aliphatic carbocycles. The van der Waals surface area contributed by atoms with Gasteiger partial charge >= 0.3 is 0 Å². The smallest absolute Gasteiger partial charge is 0.272 e. The summed E-state index contributed by atoms with van der Waals surface area (Å²) in [6.07, 6.45) is 3.67. The molecule has 7 nitrogen and oxygen atoms in total. The van der Waals surface area contributed by atoms with Crippen molar-refractivity contribution in [2.45, 2.75) is 26.7 Å². The van der Waals surface area contributed by atoms with Gasteiger partial charge in [0.25, 0.3) is 11.8 Å². The number of carbonyl (C=O) groups excluding carboxylic acids is 3. The largest absolute Gasteiger partial charge is 0.339 e. The second kappa shape index (κ2) is 7.85. The van der Waals surface area contributed by atoms with Crippen molar-refractivity contribution >= 4 is 17.7 Å². The van der Waals surface area contributed by atoms with E-state index >= 15 is 0 Å². The molecule has 0 spiro atoms. The Morgan fingerprint density at radius 1 is 1.00 bits per heavy atom. The number of pyridine rings is 1. The van der Waals surface area contributed by atoms with Crippen molar-refractivity contribution < 1.29 is 14.4 Å². The lowest BCUT2D eigenvalue weighted by Gasteiger charge is -2.34. The molecule has 0 radical (unpaired) electrons. The molecule has 2 aliphatic rings. The molecular weight excluding hydrogens is 332 g/mol. The molecule has 140 valence electrons. The van der Waals surface area contributed by atoms with E-state index in [0.717, 1.165) is 25.9 Å². The van der Waals surface area contributed by atoms with E-state index < -0.39 is 0 Å². The maximum absolute atomic E-state index is 12.7.